The Bertz CT molecular complexity index is 1580. The highest BCUT2D eigenvalue weighted by atomic mass is 14.8. The van der Waals surface area contributed by atoms with Crippen molar-refractivity contribution >= 4 is 61.8 Å². The number of nitrogens with zero attached hydrogens (tertiary/aromatic N) is 1. The first-order chi connectivity index (χ1) is 13.7. The predicted octanol–water partition coefficient (Wildman–Crippen LogP) is 4.40. The van der Waals surface area contributed by atoms with Gasteiger partial charge in [-0.25, -0.2) is 4.99 Å². The SMILES string of the molecule is C=C1C=c2ccccc2=C/C1=N/c1c(N)c2cccc3[nH]c4cccc1c4c32. The van der Waals surface area contributed by atoms with Crippen molar-refractivity contribution in [2.45, 2.75) is 0 Å². The third-order valence-corrected chi connectivity index (χ3v) is 5.63. The fourth-order valence-electron chi connectivity index (χ4n) is 4.31. The van der Waals surface area contributed by atoms with Gasteiger partial charge in [-0.15, -0.1) is 0 Å². The highest BCUT2D eigenvalue weighted by Crippen LogP contribution is 2.44. The number of nitrogens with one attached hydrogen (secondary N) is 1. The molecule has 0 amide bonds. The zero-order valence-corrected chi connectivity index (χ0v) is 15.2. The number of anilines is 1. The molecule has 0 atom stereocenters. The van der Waals surface area contributed by atoms with E-state index in [0.29, 0.717) is 5.69 Å². The number of allylic oxidation sites excluding steroid dienone is 1. The molecule has 3 N–H and O–H groups in total. The first-order valence-corrected chi connectivity index (χ1v) is 9.31. The average Bonchev–Trinajstić information content (AvgIpc) is 3.10. The van der Waals surface area contributed by atoms with Gasteiger partial charge in [0.25, 0.3) is 0 Å². The fourth-order valence-corrected chi connectivity index (χ4v) is 4.31. The number of hydrogen-bond acceptors (Lipinski definition) is 2. The summed E-state index contributed by atoms with van der Waals surface area (Å²) >= 11 is 0. The van der Waals surface area contributed by atoms with Gasteiger partial charge in [-0.1, -0.05) is 55.1 Å². The first kappa shape index (κ1) is 15.2. The molecule has 0 saturated carbocycles. The van der Waals surface area contributed by atoms with Crippen LogP contribution in [0.15, 0.2) is 77.8 Å². The average molecular weight is 359 g/mol. The van der Waals surface area contributed by atoms with Crippen molar-refractivity contribution in [2.24, 2.45) is 4.99 Å². The van der Waals surface area contributed by atoms with Crippen molar-refractivity contribution < 1.29 is 0 Å². The van der Waals surface area contributed by atoms with E-state index < -0.39 is 0 Å². The standard InChI is InChI=1S/C25H17N3/c1-14-12-15-6-2-3-7-16(15)13-21(14)28-25-18-9-5-11-20-23(18)22-17(24(25)26)8-4-10-19(22)27-20/h2-13,27H,1,26H2/b28-21-. The molecule has 0 spiro atoms. The van der Waals surface area contributed by atoms with Crippen molar-refractivity contribution in [3.05, 3.63) is 83.3 Å². The Labute approximate surface area is 161 Å². The zero-order chi connectivity index (χ0) is 18.8. The summed E-state index contributed by atoms with van der Waals surface area (Å²) in [6.07, 6.45) is 4.17. The Hall–Kier alpha value is -3.85. The lowest BCUT2D eigenvalue weighted by Crippen LogP contribution is -2.29. The zero-order valence-electron chi connectivity index (χ0n) is 15.2. The van der Waals surface area contributed by atoms with E-state index >= 15 is 0 Å². The maximum atomic E-state index is 6.65. The van der Waals surface area contributed by atoms with Crippen molar-refractivity contribution in [3.8, 4) is 0 Å². The summed E-state index contributed by atoms with van der Waals surface area (Å²) in [5.41, 5.74) is 12.1. The number of nitrogens with two attached hydrogens (primary N) is 1. The molecule has 3 heteroatoms. The van der Waals surface area contributed by atoms with Crippen LogP contribution in [0.4, 0.5) is 11.4 Å². The molecule has 4 aromatic carbocycles. The molecular weight excluding hydrogens is 342 g/mol. The number of aromatic nitrogens is 1. The van der Waals surface area contributed by atoms with Crippen LogP contribution in [0.3, 0.4) is 0 Å². The Balaban J connectivity index is 1.73. The molecule has 132 valence electrons. The lowest BCUT2D eigenvalue weighted by molar-refractivity contribution is 1.49. The van der Waals surface area contributed by atoms with Crippen LogP contribution in [0, 0.1) is 0 Å². The van der Waals surface area contributed by atoms with E-state index in [2.05, 4.69) is 60.1 Å². The third-order valence-electron chi connectivity index (χ3n) is 5.63. The lowest BCUT2D eigenvalue weighted by Gasteiger charge is -2.13. The molecular formula is C25H17N3. The van der Waals surface area contributed by atoms with Gasteiger partial charge in [0.05, 0.1) is 17.1 Å². The maximum Gasteiger partial charge on any atom is 0.0952 e. The number of hydrogen-bond donors (Lipinski definition) is 2. The second kappa shape index (κ2) is 5.33. The molecule has 0 radical (unpaired) electrons. The second-order valence-corrected chi connectivity index (χ2v) is 7.28. The highest BCUT2D eigenvalue weighted by Gasteiger charge is 2.18. The predicted molar refractivity (Wildman–Crippen MR) is 120 cm³/mol. The van der Waals surface area contributed by atoms with Crippen molar-refractivity contribution in [1.82, 2.24) is 4.98 Å². The van der Waals surface area contributed by atoms with Gasteiger partial charge in [0.1, 0.15) is 0 Å². The fraction of sp³-hybridized carbons (Fsp3) is 0. The van der Waals surface area contributed by atoms with E-state index in [4.69, 9.17) is 10.7 Å². The number of fused-ring (bicyclic) bond motifs is 1. The summed E-state index contributed by atoms with van der Waals surface area (Å²) < 4.78 is 0. The van der Waals surface area contributed by atoms with Gasteiger partial charge in [-0.3, -0.25) is 0 Å². The van der Waals surface area contributed by atoms with Crippen LogP contribution in [0.25, 0.3) is 44.7 Å². The summed E-state index contributed by atoms with van der Waals surface area (Å²) in [6, 6.07) is 20.7. The molecule has 0 bridgehead atoms. The smallest absolute Gasteiger partial charge is 0.0952 e. The van der Waals surface area contributed by atoms with E-state index in [1.165, 1.54) is 10.8 Å². The minimum absolute atomic E-state index is 0.706. The molecule has 1 aliphatic rings. The summed E-state index contributed by atoms with van der Waals surface area (Å²) in [4.78, 5) is 8.52. The molecule has 5 aromatic rings. The summed E-state index contributed by atoms with van der Waals surface area (Å²) in [5.74, 6) is 0. The molecule has 0 saturated heterocycles. The number of aliphatic imine (C=N–C) groups is 1. The Morgan fingerprint density at radius 3 is 2.14 bits per heavy atom. The van der Waals surface area contributed by atoms with Gasteiger partial charge in [0.2, 0.25) is 0 Å². The Morgan fingerprint density at radius 2 is 1.39 bits per heavy atom. The summed E-state index contributed by atoms with van der Waals surface area (Å²) in [7, 11) is 0. The number of nitrogen functional groups attached to an aromatic ring is 1. The van der Waals surface area contributed by atoms with Gasteiger partial charge < -0.3 is 10.7 Å². The second-order valence-electron chi connectivity index (χ2n) is 7.28. The molecule has 28 heavy (non-hydrogen) atoms. The number of H-pyrrole nitrogens is 1. The minimum atomic E-state index is 0.706. The van der Waals surface area contributed by atoms with Gasteiger partial charge in [-0.2, -0.15) is 0 Å². The van der Waals surface area contributed by atoms with Crippen LogP contribution in [0.1, 0.15) is 0 Å². The van der Waals surface area contributed by atoms with Gasteiger partial charge >= 0.3 is 0 Å². The molecule has 0 unspecified atom stereocenters. The molecule has 6 rings (SSSR count). The number of rotatable bonds is 1. The van der Waals surface area contributed by atoms with Crippen LogP contribution in [-0.4, -0.2) is 10.7 Å². The first-order valence-electron chi connectivity index (χ1n) is 9.31. The molecule has 1 aliphatic carbocycles. The van der Waals surface area contributed by atoms with Crippen LogP contribution in [0.2, 0.25) is 0 Å². The quantitative estimate of drug-likeness (QED) is 0.338. The van der Waals surface area contributed by atoms with E-state index in [9.17, 15) is 0 Å². The van der Waals surface area contributed by atoms with Crippen LogP contribution in [-0.2, 0) is 0 Å². The Kier molecular flexibility index (Phi) is 2.90. The van der Waals surface area contributed by atoms with Crippen molar-refractivity contribution in [1.29, 1.82) is 0 Å². The lowest BCUT2D eigenvalue weighted by atomic mass is 9.97. The van der Waals surface area contributed by atoms with Crippen molar-refractivity contribution in [3.63, 3.8) is 0 Å². The van der Waals surface area contributed by atoms with E-state index in [0.717, 1.165) is 49.2 Å². The summed E-state index contributed by atoms with van der Waals surface area (Å²) in [5, 5.41) is 6.77. The topological polar surface area (TPSA) is 54.2 Å². The van der Waals surface area contributed by atoms with Gasteiger partial charge in [0, 0.05) is 32.6 Å². The van der Waals surface area contributed by atoms with E-state index in [-0.39, 0.29) is 0 Å². The molecule has 0 fully saturated rings. The van der Waals surface area contributed by atoms with Crippen LogP contribution in [0.5, 0.6) is 0 Å². The van der Waals surface area contributed by atoms with Gasteiger partial charge in [0.15, 0.2) is 0 Å². The largest absolute Gasteiger partial charge is 0.396 e. The normalized spacial score (nSPS) is 15.3. The van der Waals surface area contributed by atoms with Crippen LogP contribution >= 0.6 is 0 Å². The molecule has 0 aliphatic heterocycles. The van der Waals surface area contributed by atoms with Crippen LogP contribution < -0.4 is 16.2 Å². The molecule has 1 heterocycles. The van der Waals surface area contributed by atoms with E-state index in [1.807, 2.05) is 24.3 Å². The maximum absolute atomic E-state index is 6.65. The minimum Gasteiger partial charge on any atom is -0.396 e. The van der Waals surface area contributed by atoms with E-state index in [1.54, 1.807) is 0 Å². The third kappa shape index (κ3) is 1.96. The molecule has 1 aromatic heterocycles. The molecule has 3 nitrogen and oxygen atoms in total. The number of benzene rings is 4. The van der Waals surface area contributed by atoms with Gasteiger partial charge in [-0.05, 0) is 40.3 Å². The number of aromatic amines is 1. The summed E-state index contributed by atoms with van der Waals surface area (Å²) in [6.45, 7) is 4.22. The highest BCUT2D eigenvalue weighted by molar-refractivity contribution is 6.32. The van der Waals surface area contributed by atoms with Crippen molar-refractivity contribution in [2.75, 3.05) is 5.73 Å². The Morgan fingerprint density at radius 1 is 0.750 bits per heavy atom. The monoisotopic (exact) mass is 359 g/mol.